The highest BCUT2D eigenvalue weighted by Gasteiger charge is 2.38. The van der Waals surface area contributed by atoms with Crippen LogP contribution in [-0.2, 0) is 9.59 Å². The summed E-state index contributed by atoms with van der Waals surface area (Å²) in [4.78, 5) is 40.4. The third-order valence-corrected chi connectivity index (χ3v) is 4.31. The molecule has 1 fully saturated rings. The lowest BCUT2D eigenvalue weighted by Crippen LogP contribution is -2.58. The van der Waals surface area contributed by atoms with Crippen molar-refractivity contribution in [3.05, 3.63) is 58.1 Å². The molecule has 2 aromatic rings. The Morgan fingerprint density at radius 3 is 2.57 bits per heavy atom. The van der Waals surface area contributed by atoms with Gasteiger partial charge >= 0.3 is 0 Å². The van der Waals surface area contributed by atoms with Crippen molar-refractivity contribution < 1.29 is 19.6 Å². The number of nitro benzene ring substituents is 1. The van der Waals surface area contributed by atoms with E-state index in [2.05, 4.69) is 10.3 Å². The van der Waals surface area contributed by atoms with Crippen molar-refractivity contribution in [1.82, 2.24) is 5.32 Å². The minimum Gasteiger partial charge on any atom is -0.506 e. The van der Waals surface area contributed by atoms with Gasteiger partial charge in [-0.1, -0.05) is 17.7 Å². The van der Waals surface area contributed by atoms with E-state index in [1.165, 1.54) is 4.90 Å². The lowest BCUT2D eigenvalue weighted by atomic mass is 10.1. The van der Waals surface area contributed by atoms with E-state index in [9.17, 15) is 24.8 Å². The molecule has 1 heterocycles. The summed E-state index contributed by atoms with van der Waals surface area (Å²) in [5.74, 6) is -2.93. The molecule has 28 heavy (non-hydrogen) atoms. The number of hydrogen-bond donors (Lipinski definition) is 2. The molecule has 1 atom stereocenters. The molecule has 142 valence electrons. The zero-order valence-corrected chi connectivity index (χ0v) is 15.3. The molecule has 0 spiro atoms. The second-order valence-corrected chi connectivity index (χ2v) is 6.38. The summed E-state index contributed by atoms with van der Waals surface area (Å²) in [6.45, 7) is 1.89. The number of phenolic OH excluding ortho intramolecular Hbond substituents is 1. The van der Waals surface area contributed by atoms with Gasteiger partial charge in [-0.15, -0.1) is 0 Å². The van der Waals surface area contributed by atoms with E-state index in [4.69, 9.17) is 12.2 Å². The second-order valence-electron chi connectivity index (χ2n) is 5.99. The van der Waals surface area contributed by atoms with E-state index < -0.39 is 22.7 Å². The minimum atomic E-state index is -1.31. The Kier molecular flexibility index (Phi) is 5.14. The molecule has 0 unspecified atom stereocenters. The first-order valence-electron chi connectivity index (χ1n) is 8.05. The average Bonchev–Trinajstić information content (AvgIpc) is 2.64. The monoisotopic (exact) mass is 398 g/mol. The van der Waals surface area contributed by atoms with E-state index in [0.29, 0.717) is 5.69 Å². The summed E-state index contributed by atoms with van der Waals surface area (Å²) in [5, 5.41) is 23.1. The number of benzene rings is 2. The molecule has 0 aliphatic carbocycles. The standard InChI is InChI=1S/C18H14N4O5S/c1-10-2-4-11(5-3-10)21-17(25)13(16(24)20-18(21)28)9-19-14-8-12(22(26)27)6-7-15(14)23/h2-9,13,23H,1H3,(H,20,24,28)/t13-/m1/s1. The maximum absolute atomic E-state index is 12.8. The second kappa shape index (κ2) is 7.53. The summed E-state index contributed by atoms with van der Waals surface area (Å²) in [7, 11) is 0. The molecule has 2 amide bonds. The molecule has 2 N–H and O–H groups in total. The van der Waals surface area contributed by atoms with Crippen LogP contribution in [0.25, 0.3) is 0 Å². The summed E-state index contributed by atoms with van der Waals surface area (Å²) in [5.41, 5.74) is 1.05. The Balaban J connectivity index is 1.92. The number of thiocarbonyl (C=S) groups is 1. The largest absolute Gasteiger partial charge is 0.506 e. The number of nitro groups is 1. The minimum absolute atomic E-state index is 0.0540. The van der Waals surface area contributed by atoms with E-state index >= 15 is 0 Å². The SMILES string of the molecule is Cc1ccc(N2C(=O)[C@H](C=Nc3cc([N+](=O)[O-])ccc3O)C(=O)NC2=S)cc1. The van der Waals surface area contributed by atoms with Crippen molar-refractivity contribution in [1.29, 1.82) is 0 Å². The van der Waals surface area contributed by atoms with Crippen molar-refractivity contribution in [2.75, 3.05) is 4.90 Å². The number of aromatic hydroxyl groups is 1. The first-order valence-corrected chi connectivity index (χ1v) is 8.46. The number of non-ortho nitro benzene ring substituents is 1. The third kappa shape index (κ3) is 3.71. The summed E-state index contributed by atoms with van der Waals surface area (Å²) in [6.07, 6.45) is 1.03. The number of aryl methyl sites for hydroxylation is 1. The van der Waals surface area contributed by atoms with Crippen LogP contribution in [0.3, 0.4) is 0 Å². The Morgan fingerprint density at radius 2 is 1.93 bits per heavy atom. The number of anilines is 1. The highest BCUT2D eigenvalue weighted by Crippen LogP contribution is 2.30. The predicted molar refractivity (Wildman–Crippen MR) is 106 cm³/mol. The van der Waals surface area contributed by atoms with Crippen LogP contribution in [0.5, 0.6) is 5.75 Å². The molecule has 1 saturated heterocycles. The number of nitrogens with one attached hydrogen (secondary N) is 1. The Morgan fingerprint density at radius 1 is 1.25 bits per heavy atom. The van der Waals surface area contributed by atoms with Gasteiger partial charge in [-0.05, 0) is 37.3 Å². The molecule has 9 nitrogen and oxygen atoms in total. The van der Waals surface area contributed by atoms with Crippen LogP contribution in [0.2, 0.25) is 0 Å². The highest BCUT2D eigenvalue weighted by molar-refractivity contribution is 7.80. The van der Waals surface area contributed by atoms with E-state index in [0.717, 1.165) is 30.0 Å². The van der Waals surface area contributed by atoms with Gasteiger partial charge in [0.2, 0.25) is 5.91 Å². The van der Waals surface area contributed by atoms with Gasteiger partial charge in [0.1, 0.15) is 11.4 Å². The van der Waals surface area contributed by atoms with Gasteiger partial charge in [-0.3, -0.25) is 29.6 Å². The van der Waals surface area contributed by atoms with Crippen molar-refractivity contribution in [3.8, 4) is 5.75 Å². The van der Waals surface area contributed by atoms with Crippen molar-refractivity contribution in [2.45, 2.75) is 6.92 Å². The molecule has 0 bridgehead atoms. The molecule has 1 aliphatic heterocycles. The van der Waals surface area contributed by atoms with Gasteiger partial charge in [0.25, 0.3) is 11.6 Å². The molecule has 3 rings (SSSR count). The zero-order chi connectivity index (χ0) is 20.4. The number of phenols is 1. The van der Waals surface area contributed by atoms with Crippen molar-refractivity contribution >= 4 is 52.4 Å². The first-order chi connectivity index (χ1) is 13.3. The zero-order valence-electron chi connectivity index (χ0n) is 14.5. The van der Waals surface area contributed by atoms with E-state index in [1.54, 1.807) is 24.3 Å². The Bertz CT molecular complexity index is 1020. The van der Waals surface area contributed by atoms with Crippen LogP contribution in [0, 0.1) is 23.0 Å². The molecular formula is C18H14N4O5S. The maximum Gasteiger partial charge on any atom is 0.271 e. The van der Waals surface area contributed by atoms with Crippen LogP contribution in [0.15, 0.2) is 47.5 Å². The van der Waals surface area contributed by atoms with Gasteiger partial charge in [0, 0.05) is 18.3 Å². The van der Waals surface area contributed by atoms with Crippen LogP contribution in [-0.4, -0.2) is 33.2 Å². The predicted octanol–water partition coefficient (Wildman–Crippen LogP) is 2.38. The lowest BCUT2D eigenvalue weighted by molar-refractivity contribution is -0.384. The van der Waals surface area contributed by atoms with Crippen LogP contribution < -0.4 is 10.2 Å². The lowest BCUT2D eigenvalue weighted by Gasteiger charge is -2.30. The molecule has 0 aromatic heterocycles. The number of aliphatic imine (C=N–C) groups is 1. The third-order valence-electron chi connectivity index (χ3n) is 4.03. The molecule has 0 saturated carbocycles. The Hall–Kier alpha value is -3.66. The fourth-order valence-corrected chi connectivity index (χ4v) is 2.84. The molecule has 10 heteroatoms. The summed E-state index contributed by atoms with van der Waals surface area (Å²) in [6, 6.07) is 10.2. The van der Waals surface area contributed by atoms with Gasteiger partial charge in [0.15, 0.2) is 11.0 Å². The number of amides is 2. The molecule has 1 aliphatic rings. The number of rotatable bonds is 4. The maximum atomic E-state index is 12.8. The molecule has 2 aromatic carbocycles. The van der Waals surface area contributed by atoms with Crippen molar-refractivity contribution in [3.63, 3.8) is 0 Å². The van der Waals surface area contributed by atoms with Crippen LogP contribution in [0.1, 0.15) is 5.56 Å². The highest BCUT2D eigenvalue weighted by atomic mass is 32.1. The summed E-state index contributed by atoms with van der Waals surface area (Å²) < 4.78 is 0. The smallest absolute Gasteiger partial charge is 0.271 e. The normalized spacial score (nSPS) is 17.1. The van der Waals surface area contributed by atoms with Gasteiger partial charge in [-0.25, -0.2) is 0 Å². The fourth-order valence-electron chi connectivity index (χ4n) is 2.54. The van der Waals surface area contributed by atoms with E-state index in [-0.39, 0.29) is 22.2 Å². The quantitative estimate of drug-likeness (QED) is 0.268. The van der Waals surface area contributed by atoms with Crippen LogP contribution in [0.4, 0.5) is 17.1 Å². The van der Waals surface area contributed by atoms with E-state index in [1.807, 2.05) is 6.92 Å². The van der Waals surface area contributed by atoms with Crippen molar-refractivity contribution in [2.24, 2.45) is 10.9 Å². The average molecular weight is 398 g/mol. The van der Waals surface area contributed by atoms with Gasteiger partial charge in [-0.2, -0.15) is 0 Å². The van der Waals surface area contributed by atoms with Crippen LogP contribution >= 0.6 is 12.2 Å². The number of carbonyl (C=O) groups is 2. The molecular weight excluding hydrogens is 384 g/mol. The number of carbonyl (C=O) groups excluding carboxylic acids is 2. The first kappa shape index (κ1) is 19.1. The topological polar surface area (TPSA) is 125 Å². The number of nitrogens with zero attached hydrogens (tertiary/aromatic N) is 3. The molecule has 0 radical (unpaired) electrons. The number of hydrogen-bond acceptors (Lipinski definition) is 7. The van der Waals surface area contributed by atoms with Gasteiger partial charge in [0.05, 0.1) is 10.6 Å². The fraction of sp³-hybridized carbons (Fsp3) is 0.111. The Labute approximate surface area is 164 Å². The summed E-state index contributed by atoms with van der Waals surface area (Å²) >= 11 is 5.11. The van der Waals surface area contributed by atoms with Gasteiger partial charge < -0.3 is 10.4 Å².